The molecule has 1 amide bonds. The van der Waals surface area contributed by atoms with E-state index in [1.807, 2.05) is 30.9 Å². The summed E-state index contributed by atoms with van der Waals surface area (Å²) in [4.78, 5) is 26.6. The number of hydrogen-bond donors (Lipinski definition) is 0. The topological polar surface area (TPSA) is 51.5 Å². The average molecular weight is 314 g/mol. The van der Waals surface area contributed by atoms with Gasteiger partial charge in [0.1, 0.15) is 12.3 Å². The Balaban J connectivity index is 1.86. The first-order valence-electron chi connectivity index (χ1n) is 8.12. The molecule has 0 aliphatic carbocycles. The Kier molecular flexibility index (Phi) is 4.37. The molecule has 3 rings (SSSR count). The number of aromatic nitrogens is 1. The van der Waals surface area contributed by atoms with Crippen LogP contribution in [0.1, 0.15) is 26.7 Å². The summed E-state index contributed by atoms with van der Waals surface area (Å²) in [5.41, 5.74) is -0.133. The highest BCUT2D eigenvalue weighted by atomic mass is 16.5. The van der Waals surface area contributed by atoms with E-state index in [9.17, 15) is 9.59 Å². The number of benzene rings is 1. The van der Waals surface area contributed by atoms with Gasteiger partial charge in [0.15, 0.2) is 0 Å². The van der Waals surface area contributed by atoms with Crippen LogP contribution in [0.3, 0.4) is 0 Å². The van der Waals surface area contributed by atoms with Crippen LogP contribution in [0.2, 0.25) is 0 Å². The Hall–Kier alpha value is -2.30. The van der Waals surface area contributed by atoms with Crippen molar-refractivity contribution in [3.8, 4) is 5.75 Å². The van der Waals surface area contributed by atoms with Gasteiger partial charge in [-0.2, -0.15) is 0 Å². The highest BCUT2D eigenvalue weighted by Gasteiger charge is 2.18. The van der Waals surface area contributed by atoms with Crippen LogP contribution in [-0.4, -0.2) is 34.6 Å². The van der Waals surface area contributed by atoms with E-state index < -0.39 is 0 Å². The van der Waals surface area contributed by atoms with Crippen LogP contribution in [0.15, 0.2) is 35.3 Å². The molecule has 5 nitrogen and oxygen atoms in total. The third kappa shape index (κ3) is 3.38. The average Bonchev–Trinajstić information content (AvgIpc) is 3.04. The maximum Gasteiger partial charge on any atom is 0.258 e. The standard InChI is InChI=1S/C18H22N2O3/c1-13(2)23-15-5-6-16-14(11-15)7-10-20(18(16)22)12-17(21)19-8-3-4-9-19/h5-7,10-11,13H,3-4,8-9,12H2,1-2H3. The monoisotopic (exact) mass is 314 g/mol. The molecule has 0 saturated carbocycles. The highest BCUT2D eigenvalue weighted by molar-refractivity contribution is 5.83. The largest absolute Gasteiger partial charge is 0.491 e. The fourth-order valence-corrected chi connectivity index (χ4v) is 2.95. The third-order valence-electron chi connectivity index (χ3n) is 4.08. The predicted octanol–water partition coefficient (Wildman–Crippen LogP) is 2.41. The maximum absolute atomic E-state index is 12.6. The summed E-state index contributed by atoms with van der Waals surface area (Å²) in [5, 5.41) is 1.44. The Morgan fingerprint density at radius 3 is 2.65 bits per heavy atom. The molecule has 1 aromatic heterocycles. The predicted molar refractivity (Wildman–Crippen MR) is 89.8 cm³/mol. The molecule has 0 unspecified atom stereocenters. The van der Waals surface area contributed by atoms with Crippen molar-refractivity contribution in [2.75, 3.05) is 13.1 Å². The molecule has 2 aromatic rings. The van der Waals surface area contributed by atoms with Crippen LogP contribution in [0.25, 0.3) is 10.8 Å². The molecule has 1 aromatic carbocycles. The Morgan fingerprint density at radius 1 is 1.22 bits per heavy atom. The molecule has 5 heteroatoms. The molecule has 1 saturated heterocycles. The van der Waals surface area contributed by atoms with E-state index in [4.69, 9.17) is 4.74 Å². The van der Waals surface area contributed by atoms with Crippen LogP contribution in [0.5, 0.6) is 5.75 Å². The number of pyridine rings is 1. The number of carbonyl (C=O) groups is 1. The second-order valence-corrected chi connectivity index (χ2v) is 6.25. The molecule has 23 heavy (non-hydrogen) atoms. The first kappa shape index (κ1) is 15.6. The smallest absolute Gasteiger partial charge is 0.258 e. The van der Waals surface area contributed by atoms with Crippen LogP contribution in [-0.2, 0) is 11.3 Å². The van der Waals surface area contributed by atoms with E-state index in [0.717, 1.165) is 37.1 Å². The van der Waals surface area contributed by atoms with Gasteiger partial charge in [0.25, 0.3) is 5.56 Å². The quantitative estimate of drug-likeness (QED) is 0.871. The van der Waals surface area contributed by atoms with Crippen molar-refractivity contribution in [3.63, 3.8) is 0 Å². The number of amides is 1. The lowest BCUT2D eigenvalue weighted by atomic mass is 10.1. The van der Waals surface area contributed by atoms with E-state index in [1.54, 1.807) is 18.3 Å². The number of likely N-dealkylation sites (tertiary alicyclic amines) is 1. The maximum atomic E-state index is 12.6. The van der Waals surface area contributed by atoms with Crippen molar-refractivity contribution in [2.24, 2.45) is 0 Å². The molecule has 0 atom stereocenters. The van der Waals surface area contributed by atoms with Gasteiger partial charge in [0.2, 0.25) is 5.91 Å². The van der Waals surface area contributed by atoms with E-state index in [2.05, 4.69) is 0 Å². The summed E-state index contributed by atoms with van der Waals surface area (Å²) in [6, 6.07) is 7.30. The summed E-state index contributed by atoms with van der Waals surface area (Å²) >= 11 is 0. The molecule has 1 aliphatic rings. The molecule has 1 aliphatic heterocycles. The number of nitrogens with zero attached hydrogens (tertiary/aromatic N) is 2. The van der Waals surface area contributed by atoms with Gasteiger partial charge in [-0.3, -0.25) is 9.59 Å². The summed E-state index contributed by atoms with van der Waals surface area (Å²) in [7, 11) is 0. The van der Waals surface area contributed by atoms with E-state index in [-0.39, 0.29) is 24.1 Å². The van der Waals surface area contributed by atoms with Gasteiger partial charge in [0, 0.05) is 24.7 Å². The number of rotatable bonds is 4. The van der Waals surface area contributed by atoms with Gasteiger partial charge >= 0.3 is 0 Å². The summed E-state index contributed by atoms with van der Waals surface area (Å²) in [6.07, 6.45) is 3.89. The normalized spacial score (nSPS) is 14.7. The lowest BCUT2D eigenvalue weighted by Crippen LogP contribution is -2.34. The zero-order valence-corrected chi connectivity index (χ0v) is 13.6. The SMILES string of the molecule is CC(C)Oc1ccc2c(=O)n(CC(=O)N3CCCC3)ccc2c1. The minimum absolute atomic E-state index is 0.0173. The molecule has 2 heterocycles. The summed E-state index contributed by atoms with van der Waals surface area (Å²) in [6.45, 7) is 5.64. The second kappa shape index (κ2) is 6.44. The van der Waals surface area contributed by atoms with E-state index in [0.29, 0.717) is 5.39 Å². The van der Waals surface area contributed by atoms with Crippen LogP contribution >= 0.6 is 0 Å². The highest BCUT2D eigenvalue weighted by Crippen LogP contribution is 2.19. The second-order valence-electron chi connectivity index (χ2n) is 6.25. The van der Waals surface area contributed by atoms with Crippen LogP contribution in [0.4, 0.5) is 0 Å². The molecule has 0 spiro atoms. The molecular weight excluding hydrogens is 292 g/mol. The zero-order valence-electron chi connectivity index (χ0n) is 13.6. The molecule has 0 N–H and O–H groups in total. The van der Waals surface area contributed by atoms with E-state index >= 15 is 0 Å². The Labute approximate surface area is 135 Å². The number of fused-ring (bicyclic) bond motifs is 1. The van der Waals surface area contributed by atoms with Crippen molar-refractivity contribution in [2.45, 2.75) is 39.3 Å². The van der Waals surface area contributed by atoms with Gasteiger partial charge in [-0.25, -0.2) is 0 Å². The fraction of sp³-hybridized carbons (Fsp3) is 0.444. The molecule has 0 radical (unpaired) electrons. The molecule has 0 bridgehead atoms. The van der Waals surface area contributed by atoms with Crippen molar-refractivity contribution >= 4 is 16.7 Å². The Morgan fingerprint density at radius 2 is 1.96 bits per heavy atom. The first-order chi connectivity index (χ1) is 11.0. The van der Waals surface area contributed by atoms with Crippen LogP contribution in [0, 0.1) is 0 Å². The van der Waals surface area contributed by atoms with Crippen LogP contribution < -0.4 is 10.3 Å². The first-order valence-corrected chi connectivity index (χ1v) is 8.12. The lowest BCUT2D eigenvalue weighted by Gasteiger charge is -2.16. The van der Waals surface area contributed by atoms with Crippen molar-refractivity contribution in [1.29, 1.82) is 0 Å². The third-order valence-corrected chi connectivity index (χ3v) is 4.08. The minimum Gasteiger partial charge on any atom is -0.491 e. The van der Waals surface area contributed by atoms with Gasteiger partial charge in [0.05, 0.1) is 6.10 Å². The van der Waals surface area contributed by atoms with Gasteiger partial charge in [-0.15, -0.1) is 0 Å². The fourth-order valence-electron chi connectivity index (χ4n) is 2.95. The molecule has 1 fully saturated rings. The minimum atomic E-state index is -0.133. The number of ether oxygens (including phenoxy) is 1. The van der Waals surface area contributed by atoms with Crippen molar-refractivity contribution < 1.29 is 9.53 Å². The number of hydrogen-bond acceptors (Lipinski definition) is 3. The van der Waals surface area contributed by atoms with Gasteiger partial charge in [-0.05, 0) is 56.3 Å². The van der Waals surface area contributed by atoms with Crippen molar-refractivity contribution in [3.05, 3.63) is 40.8 Å². The zero-order chi connectivity index (χ0) is 16.4. The summed E-state index contributed by atoms with van der Waals surface area (Å²) < 4.78 is 7.15. The van der Waals surface area contributed by atoms with Gasteiger partial charge < -0.3 is 14.2 Å². The molecular formula is C18H22N2O3. The van der Waals surface area contributed by atoms with Crippen molar-refractivity contribution in [1.82, 2.24) is 9.47 Å². The molecule has 122 valence electrons. The lowest BCUT2D eigenvalue weighted by molar-refractivity contribution is -0.130. The summed E-state index contributed by atoms with van der Waals surface area (Å²) in [5.74, 6) is 0.765. The van der Waals surface area contributed by atoms with E-state index in [1.165, 1.54) is 4.57 Å². The van der Waals surface area contributed by atoms with Gasteiger partial charge in [-0.1, -0.05) is 0 Å². The number of carbonyl (C=O) groups excluding carboxylic acids is 1. The Bertz CT molecular complexity index is 773.